The second-order valence-corrected chi connectivity index (χ2v) is 3.77. The van der Waals surface area contributed by atoms with Crippen LogP contribution in [0.2, 0.25) is 0 Å². The van der Waals surface area contributed by atoms with Crippen molar-refractivity contribution >= 4 is 0 Å². The average Bonchev–Trinajstić information content (AvgIpc) is 2.55. The molecule has 0 amide bonds. The Morgan fingerprint density at radius 1 is 1.15 bits per heavy atom. The molecule has 0 heteroatoms. The van der Waals surface area contributed by atoms with E-state index < -0.39 is 0 Å². The van der Waals surface area contributed by atoms with Crippen LogP contribution in [-0.2, 0) is 0 Å². The Bertz CT molecular complexity index is 267. The highest BCUT2D eigenvalue weighted by Gasteiger charge is 1.97. The number of hydrogen-bond acceptors (Lipinski definition) is 0. The molecule has 0 aromatic rings. The number of hydrogen-bond donors (Lipinski definition) is 0. The summed E-state index contributed by atoms with van der Waals surface area (Å²) in [7, 11) is 0. The van der Waals surface area contributed by atoms with Crippen molar-refractivity contribution in [2.75, 3.05) is 0 Å². The van der Waals surface area contributed by atoms with Gasteiger partial charge in [0.25, 0.3) is 0 Å². The largest absolute Gasteiger partial charge is 0.0856 e. The SMILES string of the molecule is CC(C)=CCCC(C)=C1C=CC=C1. The van der Waals surface area contributed by atoms with Crippen LogP contribution >= 0.6 is 0 Å². The molecule has 0 aromatic carbocycles. The van der Waals surface area contributed by atoms with Crippen LogP contribution in [0.3, 0.4) is 0 Å². The summed E-state index contributed by atoms with van der Waals surface area (Å²) in [6.45, 7) is 6.52. The molecule has 0 atom stereocenters. The predicted octanol–water partition coefficient (Wildman–Crippen LogP) is 4.18. The fourth-order valence-corrected chi connectivity index (χ4v) is 1.38. The minimum absolute atomic E-state index is 1.17. The molecule has 0 aromatic heterocycles. The number of allylic oxidation sites excluding steroid dienone is 8. The third-order valence-electron chi connectivity index (χ3n) is 2.23. The zero-order chi connectivity index (χ0) is 9.68. The van der Waals surface area contributed by atoms with Gasteiger partial charge in [0.05, 0.1) is 0 Å². The van der Waals surface area contributed by atoms with Crippen molar-refractivity contribution in [1.29, 1.82) is 0 Å². The lowest BCUT2D eigenvalue weighted by atomic mass is 10.1. The van der Waals surface area contributed by atoms with Gasteiger partial charge in [-0.25, -0.2) is 0 Å². The molecule has 0 saturated heterocycles. The summed E-state index contributed by atoms with van der Waals surface area (Å²) in [5, 5.41) is 0. The molecule has 1 aliphatic rings. The van der Waals surface area contributed by atoms with Crippen molar-refractivity contribution in [2.24, 2.45) is 0 Å². The van der Waals surface area contributed by atoms with E-state index >= 15 is 0 Å². The fourth-order valence-electron chi connectivity index (χ4n) is 1.38. The second-order valence-electron chi connectivity index (χ2n) is 3.77. The molecule has 0 aliphatic heterocycles. The molecule has 0 radical (unpaired) electrons. The Morgan fingerprint density at radius 3 is 2.31 bits per heavy atom. The molecule has 0 bridgehead atoms. The van der Waals surface area contributed by atoms with Crippen LogP contribution in [0.25, 0.3) is 0 Å². The Hall–Kier alpha value is -1.04. The Balaban J connectivity index is 2.46. The van der Waals surface area contributed by atoms with Crippen LogP contribution in [0.15, 0.2) is 47.1 Å². The molecule has 0 spiro atoms. The van der Waals surface area contributed by atoms with E-state index in [1.807, 2.05) is 0 Å². The lowest BCUT2D eigenvalue weighted by Gasteiger charge is -2.01. The van der Waals surface area contributed by atoms with Gasteiger partial charge in [-0.05, 0) is 39.2 Å². The van der Waals surface area contributed by atoms with Gasteiger partial charge in [-0.2, -0.15) is 0 Å². The van der Waals surface area contributed by atoms with Gasteiger partial charge >= 0.3 is 0 Å². The molecular formula is C13H18. The molecule has 0 N–H and O–H groups in total. The lowest BCUT2D eigenvalue weighted by molar-refractivity contribution is 0.960. The molecule has 0 unspecified atom stereocenters. The standard InChI is InChI=1S/C13H18/c1-11(2)7-6-8-12(3)13-9-4-5-10-13/h4-5,7,9-10H,6,8H2,1-3H3. The lowest BCUT2D eigenvalue weighted by Crippen LogP contribution is -1.81. The van der Waals surface area contributed by atoms with Crippen LogP contribution in [0, 0.1) is 0 Å². The minimum atomic E-state index is 1.17. The molecule has 0 nitrogen and oxygen atoms in total. The van der Waals surface area contributed by atoms with Gasteiger partial charge in [0.2, 0.25) is 0 Å². The molecule has 1 aliphatic carbocycles. The van der Waals surface area contributed by atoms with Gasteiger partial charge in [-0.3, -0.25) is 0 Å². The van der Waals surface area contributed by atoms with Gasteiger partial charge in [0.15, 0.2) is 0 Å². The van der Waals surface area contributed by atoms with E-state index in [9.17, 15) is 0 Å². The summed E-state index contributed by atoms with van der Waals surface area (Å²) in [5.41, 5.74) is 4.29. The van der Waals surface area contributed by atoms with Gasteiger partial charge in [0.1, 0.15) is 0 Å². The van der Waals surface area contributed by atoms with Crippen molar-refractivity contribution in [3.63, 3.8) is 0 Å². The summed E-state index contributed by atoms with van der Waals surface area (Å²) in [5.74, 6) is 0. The zero-order valence-corrected chi connectivity index (χ0v) is 8.80. The third-order valence-corrected chi connectivity index (χ3v) is 2.23. The van der Waals surface area contributed by atoms with Gasteiger partial charge in [-0.15, -0.1) is 0 Å². The molecule has 0 saturated carbocycles. The molecule has 13 heavy (non-hydrogen) atoms. The molecule has 70 valence electrons. The van der Waals surface area contributed by atoms with Crippen LogP contribution < -0.4 is 0 Å². The van der Waals surface area contributed by atoms with Gasteiger partial charge in [0, 0.05) is 0 Å². The van der Waals surface area contributed by atoms with E-state index in [0.29, 0.717) is 0 Å². The van der Waals surface area contributed by atoms with Crippen molar-refractivity contribution in [3.8, 4) is 0 Å². The summed E-state index contributed by atoms with van der Waals surface area (Å²) >= 11 is 0. The monoisotopic (exact) mass is 174 g/mol. The van der Waals surface area contributed by atoms with Gasteiger partial charge in [-0.1, -0.05) is 41.5 Å². The molecule has 0 heterocycles. The van der Waals surface area contributed by atoms with Crippen molar-refractivity contribution in [2.45, 2.75) is 33.6 Å². The second kappa shape index (κ2) is 4.86. The topological polar surface area (TPSA) is 0 Å². The first-order valence-electron chi connectivity index (χ1n) is 4.88. The van der Waals surface area contributed by atoms with E-state index in [0.717, 1.165) is 0 Å². The van der Waals surface area contributed by atoms with E-state index in [1.165, 1.54) is 29.6 Å². The first-order valence-corrected chi connectivity index (χ1v) is 4.88. The molecular weight excluding hydrogens is 156 g/mol. The normalized spacial score (nSPS) is 13.6. The maximum atomic E-state index is 2.30. The molecule has 0 fully saturated rings. The van der Waals surface area contributed by atoms with Crippen LogP contribution in [-0.4, -0.2) is 0 Å². The highest BCUT2D eigenvalue weighted by atomic mass is 14.0. The fraction of sp³-hybridized carbons (Fsp3) is 0.385. The highest BCUT2D eigenvalue weighted by Crippen LogP contribution is 2.17. The Labute approximate surface area is 81.4 Å². The third kappa shape index (κ3) is 3.45. The van der Waals surface area contributed by atoms with Crippen LogP contribution in [0.4, 0.5) is 0 Å². The van der Waals surface area contributed by atoms with Crippen LogP contribution in [0.1, 0.15) is 33.6 Å². The average molecular weight is 174 g/mol. The molecule has 1 rings (SSSR count). The quantitative estimate of drug-likeness (QED) is 0.563. The highest BCUT2D eigenvalue weighted by molar-refractivity contribution is 5.42. The van der Waals surface area contributed by atoms with Crippen molar-refractivity contribution in [1.82, 2.24) is 0 Å². The van der Waals surface area contributed by atoms with Gasteiger partial charge < -0.3 is 0 Å². The zero-order valence-electron chi connectivity index (χ0n) is 8.80. The first-order chi connectivity index (χ1) is 6.20. The Morgan fingerprint density at radius 2 is 1.77 bits per heavy atom. The summed E-state index contributed by atoms with van der Waals surface area (Å²) in [6, 6.07) is 0. The number of rotatable bonds is 3. The predicted molar refractivity (Wildman–Crippen MR) is 59.6 cm³/mol. The summed E-state index contributed by atoms with van der Waals surface area (Å²) in [6.07, 6.45) is 13.2. The van der Waals surface area contributed by atoms with E-state index in [2.05, 4.69) is 51.2 Å². The van der Waals surface area contributed by atoms with Crippen molar-refractivity contribution < 1.29 is 0 Å². The van der Waals surface area contributed by atoms with Crippen molar-refractivity contribution in [3.05, 3.63) is 47.1 Å². The Kier molecular flexibility index (Phi) is 3.75. The summed E-state index contributed by atoms with van der Waals surface area (Å²) < 4.78 is 0. The summed E-state index contributed by atoms with van der Waals surface area (Å²) in [4.78, 5) is 0. The minimum Gasteiger partial charge on any atom is -0.0856 e. The maximum Gasteiger partial charge on any atom is -0.0267 e. The van der Waals surface area contributed by atoms with E-state index in [4.69, 9.17) is 0 Å². The first kappa shape index (κ1) is 10.0. The smallest absolute Gasteiger partial charge is 0.0267 e. The maximum absolute atomic E-state index is 2.30. The van der Waals surface area contributed by atoms with E-state index in [1.54, 1.807) is 0 Å². The van der Waals surface area contributed by atoms with E-state index in [-0.39, 0.29) is 0 Å². The van der Waals surface area contributed by atoms with Crippen LogP contribution in [0.5, 0.6) is 0 Å².